The number of benzene rings is 3. The van der Waals surface area contributed by atoms with Crippen molar-refractivity contribution in [2.75, 3.05) is 13.1 Å². The number of piperidine rings is 3. The summed E-state index contributed by atoms with van der Waals surface area (Å²) in [6.45, 7) is 4.77. The third-order valence-electron chi connectivity index (χ3n) is 7.27. The van der Waals surface area contributed by atoms with Gasteiger partial charge in [-0.2, -0.15) is 0 Å². The first-order valence-electron chi connectivity index (χ1n) is 11.5. The van der Waals surface area contributed by atoms with E-state index in [2.05, 4.69) is 108 Å². The van der Waals surface area contributed by atoms with E-state index in [1.807, 2.05) is 0 Å². The molecule has 0 saturated carbocycles. The Morgan fingerprint density at radius 3 is 1.67 bits per heavy atom. The van der Waals surface area contributed by atoms with Crippen LogP contribution in [0.15, 0.2) is 91.0 Å². The van der Waals surface area contributed by atoms with Gasteiger partial charge in [0, 0.05) is 24.0 Å². The fourth-order valence-corrected chi connectivity index (χ4v) is 5.77. The topological polar surface area (TPSA) is 15.3 Å². The minimum absolute atomic E-state index is 0.353. The molecule has 3 aromatic carbocycles. The molecule has 0 radical (unpaired) electrons. The SMILES string of the molecule is C[C@H](N[C@H]1C2CCN(CC2)[C@H]1C(c1ccccc1)c1ccccc1)c1ccccc1. The van der Waals surface area contributed by atoms with Crippen molar-refractivity contribution in [3.63, 3.8) is 0 Å². The van der Waals surface area contributed by atoms with Crippen molar-refractivity contribution in [2.45, 2.75) is 43.8 Å². The standard InChI is InChI=1S/C28H32N2/c1-21(22-11-5-2-6-12-22)29-27-25-17-19-30(20-18-25)28(27)26(23-13-7-3-8-14-23)24-15-9-4-10-16-24/h2-16,21,25-29H,17-20H2,1H3/t21-,27-,28-/m0/s1. The lowest BCUT2D eigenvalue weighted by atomic mass is 9.70. The van der Waals surface area contributed by atoms with Gasteiger partial charge in [0.1, 0.15) is 0 Å². The second kappa shape index (κ2) is 8.75. The molecule has 0 aromatic heterocycles. The van der Waals surface area contributed by atoms with Crippen molar-refractivity contribution in [3.05, 3.63) is 108 Å². The monoisotopic (exact) mass is 396 g/mol. The van der Waals surface area contributed by atoms with E-state index in [1.54, 1.807) is 0 Å². The second-order valence-electron chi connectivity index (χ2n) is 8.99. The molecule has 3 aliphatic heterocycles. The summed E-state index contributed by atoms with van der Waals surface area (Å²) >= 11 is 0. The Kier molecular flexibility index (Phi) is 5.70. The molecule has 1 N–H and O–H groups in total. The van der Waals surface area contributed by atoms with E-state index in [-0.39, 0.29) is 0 Å². The molecule has 0 aliphatic carbocycles. The molecule has 2 bridgehead atoms. The predicted molar refractivity (Wildman–Crippen MR) is 125 cm³/mol. The van der Waals surface area contributed by atoms with Crippen LogP contribution in [0.3, 0.4) is 0 Å². The molecule has 3 heterocycles. The van der Waals surface area contributed by atoms with E-state index in [1.165, 1.54) is 42.6 Å². The maximum absolute atomic E-state index is 4.09. The van der Waals surface area contributed by atoms with Crippen LogP contribution in [0.4, 0.5) is 0 Å². The molecule has 3 fully saturated rings. The number of hydrogen-bond donors (Lipinski definition) is 1. The molecule has 3 saturated heterocycles. The highest BCUT2D eigenvalue weighted by Gasteiger charge is 2.46. The summed E-state index contributed by atoms with van der Waals surface area (Å²) in [6, 6.07) is 34.5. The van der Waals surface area contributed by atoms with Gasteiger partial charge in [0.25, 0.3) is 0 Å². The van der Waals surface area contributed by atoms with Crippen LogP contribution in [-0.4, -0.2) is 30.1 Å². The average Bonchev–Trinajstić information content (AvgIpc) is 2.83. The Hall–Kier alpha value is -2.42. The third kappa shape index (κ3) is 3.82. The molecule has 30 heavy (non-hydrogen) atoms. The third-order valence-corrected chi connectivity index (χ3v) is 7.27. The highest BCUT2D eigenvalue weighted by Crippen LogP contribution is 2.42. The van der Waals surface area contributed by atoms with E-state index in [0.717, 1.165) is 5.92 Å². The van der Waals surface area contributed by atoms with Crippen molar-refractivity contribution in [3.8, 4) is 0 Å². The molecular weight excluding hydrogens is 364 g/mol. The molecule has 0 amide bonds. The zero-order valence-electron chi connectivity index (χ0n) is 17.8. The Morgan fingerprint density at radius 1 is 0.700 bits per heavy atom. The smallest absolute Gasteiger partial charge is 0.0361 e. The van der Waals surface area contributed by atoms with E-state index in [9.17, 15) is 0 Å². The van der Waals surface area contributed by atoms with Gasteiger partial charge in [-0.05, 0) is 55.5 Å². The fraction of sp³-hybridized carbons (Fsp3) is 0.357. The maximum Gasteiger partial charge on any atom is 0.0361 e. The molecular formula is C28H32N2. The Morgan fingerprint density at radius 2 is 1.17 bits per heavy atom. The number of rotatable bonds is 6. The summed E-state index contributed by atoms with van der Waals surface area (Å²) in [6.07, 6.45) is 2.62. The van der Waals surface area contributed by atoms with Crippen LogP contribution in [0.5, 0.6) is 0 Å². The van der Waals surface area contributed by atoms with Crippen LogP contribution >= 0.6 is 0 Å². The van der Waals surface area contributed by atoms with E-state index >= 15 is 0 Å². The summed E-state index contributed by atoms with van der Waals surface area (Å²) in [5.41, 5.74) is 4.24. The highest BCUT2D eigenvalue weighted by molar-refractivity contribution is 5.36. The molecule has 2 nitrogen and oxygen atoms in total. The molecule has 0 unspecified atom stereocenters. The zero-order valence-corrected chi connectivity index (χ0v) is 17.8. The summed E-state index contributed by atoms with van der Waals surface area (Å²) < 4.78 is 0. The van der Waals surface area contributed by atoms with Gasteiger partial charge >= 0.3 is 0 Å². The second-order valence-corrected chi connectivity index (χ2v) is 8.99. The molecule has 3 aliphatic rings. The molecule has 154 valence electrons. The van der Waals surface area contributed by atoms with Gasteiger partial charge in [-0.1, -0.05) is 91.0 Å². The first-order valence-corrected chi connectivity index (χ1v) is 11.5. The van der Waals surface area contributed by atoms with Gasteiger partial charge in [-0.15, -0.1) is 0 Å². The summed E-state index contributed by atoms with van der Waals surface area (Å²) in [5, 5.41) is 4.09. The quantitative estimate of drug-likeness (QED) is 0.581. The molecule has 2 heteroatoms. The number of fused-ring (bicyclic) bond motifs is 3. The van der Waals surface area contributed by atoms with Crippen molar-refractivity contribution in [2.24, 2.45) is 5.92 Å². The van der Waals surface area contributed by atoms with Gasteiger partial charge < -0.3 is 5.32 Å². The molecule has 3 atom stereocenters. The van der Waals surface area contributed by atoms with Crippen molar-refractivity contribution in [1.29, 1.82) is 0 Å². The first kappa shape index (κ1) is 19.5. The zero-order chi connectivity index (χ0) is 20.3. The van der Waals surface area contributed by atoms with Crippen molar-refractivity contribution in [1.82, 2.24) is 10.2 Å². The van der Waals surface area contributed by atoms with Crippen LogP contribution < -0.4 is 5.32 Å². The first-order chi connectivity index (χ1) is 14.8. The predicted octanol–water partition coefficient (Wildman–Crippen LogP) is 5.63. The summed E-state index contributed by atoms with van der Waals surface area (Å²) in [4.78, 5) is 2.76. The van der Waals surface area contributed by atoms with Crippen LogP contribution in [0.2, 0.25) is 0 Å². The fourth-order valence-electron chi connectivity index (χ4n) is 5.77. The summed E-state index contributed by atoms with van der Waals surface area (Å²) in [7, 11) is 0. The Balaban J connectivity index is 1.52. The number of hydrogen-bond acceptors (Lipinski definition) is 2. The average molecular weight is 397 g/mol. The summed E-state index contributed by atoms with van der Waals surface area (Å²) in [5.74, 6) is 1.14. The lowest BCUT2D eigenvalue weighted by molar-refractivity contribution is 0.00154. The lowest BCUT2D eigenvalue weighted by Gasteiger charge is -2.54. The van der Waals surface area contributed by atoms with Crippen LogP contribution in [0.25, 0.3) is 0 Å². The molecule has 3 aromatic rings. The highest BCUT2D eigenvalue weighted by atomic mass is 15.2. The Bertz CT molecular complexity index is 877. The molecule has 0 spiro atoms. The van der Waals surface area contributed by atoms with Gasteiger partial charge in [-0.25, -0.2) is 0 Å². The largest absolute Gasteiger partial charge is 0.306 e. The Labute approximate surface area is 180 Å². The van der Waals surface area contributed by atoms with E-state index < -0.39 is 0 Å². The van der Waals surface area contributed by atoms with Gasteiger partial charge in [0.2, 0.25) is 0 Å². The van der Waals surface area contributed by atoms with Gasteiger partial charge in [-0.3, -0.25) is 4.90 Å². The minimum Gasteiger partial charge on any atom is -0.306 e. The van der Waals surface area contributed by atoms with Crippen LogP contribution in [-0.2, 0) is 0 Å². The normalized spacial score (nSPS) is 26.6. The van der Waals surface area contributed by atoms with Crippen LogP contribution in [0.1, 0.15) is 48.4 Å². The van der Waals surface area contributed by atoms with Crippen LogP contribution in [0, 0.1) is 5.92 Å². The minimum atomic E-state index is 0.353. The van der Waals surface area contributed by atoms with E-state index in [0.29, 0.717) is 24.0 Å². The number of nitrogens with zero attached hydrogens (tertiary/aromatic N) is 1. The lowest BCUT2D eigenvalue weighted by Crippen LogP contribution is -2.64. The van der Waals surface area contributed by atoms with Crippen molar-refractivity contribution >= 4 is 0 Å². The van der Waals surface area contributed by atoms with E-state index in [4.69, 9.17) is 0 Å². The van der Waals surface area contributed by atoms with Crippen molar-refractivity contribution < 1.29 is 0 Å². The van der Waals surface area contributed by atoms with Gasteiger partial charge in [0.05, 0.1) is 0 Å². The maximum atomic E-state index is 4.09. The van der Waals surface area contributed by atoms with Gasteiger partial charge in [0.15, 0.2) is 0 Å². The number of nitrogens with one attached hydrogen (secondary N) is 1. The molecule has 6 rings (SSSR count).